The van der Waals surface area contributed by atoms with E-state index < -0.39 is 47.1 Å². The standard InChI is InChI=1S/C47H61N7O6/c1-46(2,3)42(39-28-50-44(58)54(39)29-34-16-10-11-17-36(34)48)43(57)53-38(25-31-14-8-7-9-15-31)40(55)26-35(52-41(56)27-47(4,5)30-51-45(59)60-6)24-32-19-21-33(22-20-32)37-18-12-13-23-49-37/h7-23,35,38-40,42,55H,24-30,48H2,1-6H3,(H,50,58)(H,51,59)(H,52,56)(H,53,57). The summed E-state index contributed by atoms with van der Waals surface area (Å²) in [5.74, 6) is -1.20. The number of benzene rings is 3. The first-order valence-electron chi connectivity index (χ1n) is 20.5. The molecule has 1 aliphatic heterocycles. The number of anilines is 1. The van der Waals surface area contributed by atoms with Gasteiger partial charge >= 0.3 is 12.1 Å². The zero-order chi connectivity index (χ0) is 43.5. The van der Waals surface area contributed by atoms with Crippen molar-refractivity contribution in [2.45, 2.75) is 91.1 Å². The fraction of sp³-hybridized carbons (Fsp3) is 0.426. The molecule has 1 fully saturated rings. The Bertz CT molecular complexity index is 2040. The van der Waals surface area contributed by atoms with Crippen LogP contribution in [0.15, 0.2) is 103 Å². The van der Waals surface area contributed by atoms with E-state index in [-0.39, 0.29) is 50.3 Å². The summed E-state index contributed by atoms with van der Waals surface area (Å²) in [6.07, 6.45) is 1.01. The minimum atomic E-state index is -1.09. The summed E-state index contributed by atoms with van der Waals surface area (Å²) in [5.41, 5.74) is 10.1. The van der Waals surface area contributed by atoms with Gasteiger partial charge in [-0.2, -0.15) is 0 Å². The van der Waals surface area contributed by atoms with Crippen LogP contribution in [0.4, 0.5) is 15.3 Å². The number of para-hydroxylation sites is 1. The summed E-state index contributed by atoms with van der Waals surface area (Å²) < 4.78 is 4.72. The lowest BCUT2D eigenvalue weighted by molar-refractivity contribution is -0.132. The highest BCUT2D eigenvalue weighted by Gasteiger charge is 2.46. The third-order valence-electron chi connectivity index (χ3n) is 11.0. The summed E-state index contributed by atoms with van der Waals surface area (Å²) >= 11 is 0. The molecule has 1 aliphatic rings. The minimum Gasteiger partial charge on any atom is -0.453 e. The number of nitrogens with one attached hydrogen (secondary N) is 4. The lowest BCUT2D eigenvalue weighted by Gasteiger charge is -2.39. The summed E-state index contributed by atoms with van der Waals surface area (Å²) in [6, 6.07) is 28.6. The Labute approximate surface area is 353 Å². The number of pyridine rings is 1. The van der Waals surface area contributed by atoms with Crippen molar-refractivity contribution in [1.29, 1.82) is 0 Å². The Morgan fingerprint density at radius 2 is 1.57 bits per heavy atom. The predicted octanol–water partition coefficient (Wildman–Crippen LogP) is 5.87. The number of aromatic nitrogens is 1. The number of urea groups is 1. The van der Waals surface area contributed by atoms with Gasteiger partial charge in [-0.3, -0.25) is 14.6 Å². The number of nitrogens with two attached hydrogens (primary N) is 1. The van der Waals surface area contributed by atoms with Gasteiger partial charge in [0.2, 0.25) is 11.8 Å². The molecule has 5 amide bonds. The van der Waals surface area contributed by atoms with E-state index in [1.54, 1.807) is 17.2 Å². The van der Waals surface area contributed by atoms with Crippen molar-refractivity contribution in [2.24, 2.45) is 16.7 Å². The van der Waals surface area contributed by atoms with Crippen LogP contribution in [0.3, 0.4) is 0 Å². The number of hydrogen-bond acceptors (Lipinski definition) is 8. The minimum absolute atomic E-state index is 0.0962. The van der Waals surface area contributed by atoms with Crippen molar-refractivity contribution in [3.63, 3.8) is 0 Å². The van der Waals surface area contributed by atoms with Gasteiger partial charge in [-0.15, -0.1) is 0 Å². The fourth-order valence-electron chi connectivity index (χ4n) is 7.91. The molecule has 0 spiro atoms. The van der Waals surface area contributed by atoms with Crippen LogP contribution in [0.1, 0.15) is 64.2 Å². The molecule has 7 N–H and O–H groups in total. The first kappa shape index (κ1) is 45.1. The highest BCUT2D eigenvalue weighted by Crippen LogP contribution is 2.35. The van der Waals surface area contributed by atoms with Crippen molar-refractivity contribution in [1.82, 2.24) is 31.2 Å². The average molecular weight is 820 g/mol. The molecule has 0 saturated carbocycles. The van der Waals surface area contributed by atoms with E-state index in [2.05, 4.69) is 26.3 Å². The number of alkyl carbamates (subject to hydrolysis) is 1. The molecule has 5 unspecified atom stereocenters. The third-order valence-corrected chi connectivity index (χ3v) is 11.0. The van der Waals surface area contributed by atoms with Gasteiger partial charge in [0.1, 0.15) is 0 Å². The van der Waals surface area contributed by atoms with Gasteiger partial charge in [0.05, 0.1) is 36.9 Å². The van der Waals surface area contributed by atoms with Gasteiger partial charge < -0.3 is 41.7 Å². The van der Waals surface area contributed by atoms with E-state index in [4.69, 9.17) is 10.5 Å². The number of methoxy groups -OCH3 is 1. The van der Waals surface area contributed by atoms with Gasteiger partial charge in [-0.1, -0.05) is 113 Å². The summed E-state index contributed by atoms with van der Waals surface area (Å²) in [4.78, 5) is 59.7. The van der Waals surface area contributed by atoms with Crippen molar-refractivity contribution < 1.29 is 29.0 Å². The van der Waals surface area contributed by atoms with Crippen LogP contribution < -0.4 is 27.0 Å². The Kier molecular flexibility index (Phi) is 15.3. The van der Waals surface area contributed by atoms with Crippen LogP contribution in [-0.4, -0.2) is 83.4 Å². The van der Waals surface area contributed by atoms with Crippen LogP contribution in [0, 0.1) is 16.7 Å². The number of aliphatic hydroxyl groups excluding tert-OH is 1. The molecule has 0 radical (unpaired) electrons. The molecule has 13 heteroatoms. The molecule has 5 rings (SSSR count). The van der Waals surface area contributed by atoms with Gasteiger partial charge in [0.25, 0.3) is 0 Å². The van der Waals surface area contributed by atoms with Crippen LogP contribution in [-0.2, 0) is 33.7 Å². The predicted molar refractivity (Wildman–Crippen MR) is 233 cm³/mol. The van der Waals surface area contributed by atoms with Crippen molar-refractivity contribution in [3.05, 3.63) is 120 Å². The summed E-state index contributed by atoms with van der Waals surface area (Å²) in [5, 5.41) is 24.2. The smallest absolute Gasteiger partial charge is 0.406 e. The van der Waals surface area contributed by atoms with E-state index in [1.807, 2.05) is 126 Å². The van der Waals surface area contributed by atoms with Crippen molar-refractivity contribution >= 4 is 29.6 Å². The monoisotopic (exact) mass is 819 g/mol. The van der Waals surface area contributed by atoms with Crippen molar-refractivity contribution in [2.75, 3.05) is 25.9 Å². The largest absolute Gasteiger partial charge is 0.453 e. The second kappa shape index (κ2) is 20.3. The number of carbonyl (C=O) groups is 4. The molecule has 13 nitrogen and oxygen atoms in total. The van der Waals surface area contributed by atoms with E-state index >= 15 is 0 Å². The molecule has 2 heterocycles. The molecule has 4 aromatic rings. The third kappa shape index (κ3) is 12.8. The SMILES string of the molecule is COC(=O)NCC(C)(C)CC(=O)NC(Cc1ccc(-c2ccccn2)cc1)CC(O)C(Cc1ccccc1)NC(=O)C(C1CNC(=O)N1Cc1ccccc1N)C(C)(C)C. The molecule has 0 aliphatic carbocycles. The maximum Gasteiger partial charge on any atom is 0.406 e. The molecule has 5 atom stereocenters. The molecule has 60 heavy (non-hydrogen) atoms. The zero-order valence-electron chi connectivity index (χ0n) is 35.6. The first-order valence-corrected chi connectivity index (χ1v) is 20.5. The van der Waals surface area contributed by atoms with E-state index in [0.29, 0.717) is 18.5 Å². The Balaban J connectivity index is 1.40. The number of rotatable bonds is 18. The van der Waals surface area contributed by atoms with E-state index in [9.17, 15) is 24.3 Å². The van der Waals surface area contributed by atoms with Gasteiger partial charge in [-0.05, 0) is 65.0 Å². The van der Waals surface area contributed by atoms with E-state index in [0.717, 1.165) is 27.9 Å². The molecule has 3 aromatic carbocycles. The van der Waals surface area contributed by atoms with Gasteiger partial charge in [0.15, 0.2) is 0 Å². The number of nitrogen functional groups attached to an aromatic ring is 1. The zero-order valence-corrected chi connectivity index (χ0v) is 35.6. The fourth-order valence-corrected chi connectivity index (χ4v) is 7.91. The quantitative estimate of drug-likeness (QED) is 0.0674. The maximum absolute atomic E-state index is 14.7. The molecular formula is C47H61N7O6. The van der Waals surface area contributed by atoms with Gasteiger partial charge in [0, 0.05) is 49.5 Å². The average Bonchev–Trinajstić information content (AvgIpc) is 3.55. The number of ether oxygens (including phenoxy) is 1. The van der Waals surface area contributed by atoms with Crippen LogP contribution in [0.25, 0.3) is 11.3 Å². The second-order valence-electron chi connectivity index (χ2n) is 17.6. The lowest BCUT2D eigenvalue weighted by Crippen LogP contribution is -2.56. The van der Waals surface area contributed by atoms with Crippen molar-refractivity contribution in [3.8, 4) is 11.3 Å². The molecule has 1 aromatic heterocycles. The molecule has 1 saturated heterocycles. The Morgan fingerprint density at radius 1 is 0.900 bits per heavy atom. The van der Waals surface area contributed by atoms with Crippen LogP contribution >= 0.6 is 0 Å². The first-order chi connectivity index (χ1) is 28.5. The molecule has 320 valence electrons. The highest BCUT2D eigenvalue weighted by atomic mass is 16.5. The number of aliphatic hydroxyl groups is 1. The maximum atomic E-state index is 14.7. The molecule has 0 bridgehead atoms. The lowest BCUT2D eigenvalue weighted by atomic mass is 9.75. The number of nitrogens with zero attached hydrogens (tertiary/aromatic N) is 2. The highest BCUT2D eigenvalue weighted by molar-refractivity contribution is 5.84. The van der Waals surface area contributed by atoms with Crippen LogP contribution in [0.2, 0.25) is 0 Å². The second-order valence-corrected chi connectivity index (χ2v) is 17.6. The number of amides is 5. The Morgan fingerprint density at radius 3 is 2.22 bits per heavy atom. The summed E-state index contributed by atoms with van der Waals surface area (Å²) in [6.45, 7) is 10.4. The Hall–Kier alpha value is -5.95. The number of carbonyl (C=O) groups excluding carboxylic acids is 4. The molecular weight excluding hydrogens is 759 g/mol. The summed E-state index contributed by atoms with van der Waals surface area (Å²) in [7, 11) is 1.29. The number of hydrogen-bond donors (Lipinski definition) is 6. The topological polar surface area (TPSA) is 188 Å². The van der Waals surface area contributed by atoms with Gasteiger partial charge in [-0.25, -0.2) is 9.59 Å². The normalized spacial score (nSPS) is 16.2. The van der Waals surface area contributed by atoms with Crippen LogP contribution in [0.5, 0.6) is 0 Å². The van der Waals surface area contributed by atoms with E-state index in [1.165, 1.54) is 7.11 Å².